The molecule has 1 N–H and O–H groups in total. The molecule has 2 fully saturated rings. The van der Waals surface area contributed by atoms with Crippen molar-refractivity contribution < 1.29 is 0 Å². The van der Waals surface area contributed by atoms with Crippen LogP contribution in [0.25, 0.3) is 0 Å². The van der Waals surface area contributed by atoms with Crippen molar-refractivity contribution in [1.82, 2.24) is 9.80 Å². The molecular formula is C18H26ClN3S. The van der Waals surface area contributed by atoms with E-state index >= 15 is 0 Å². The molecule has 0 spiro atoms. The van der Waals surface area contributed by atoms with E-state index in [0.717, 1.165) is 22.4 Å². The molecule has 0 bridgehead atoms. The van der Waals surface area contributed by atoms with Gasteiger partial charge in [-0.1, -0.05) is 23.7 Å². The van der Waals surface area contributed by atoms with Crippen LogP contribution in [0.5, 0.6) is 0 Å². The van der Waals surface area contributed by atoms with Crippen LogP contribution >= 0.6 is 23.8 Å². The fourth-order valence-electron chi connectivity index (χ4n) is 3.66. The molecule has 2 saturated heterocycles. The summed E-state index contributed by atoms with van der Waals surface area (Å²) in [4.78, 5) is 4.98. The van der Waals surface area contributed by atoms with Crippen LogP contribution in [0, 0.1) is 0 Å². The largest absolute Gasteiger partial charge is 0.346 e. The zero-order valence-corrected chi connectivity index (χ0v) is 15.2. The minimum atomic E-state index is 0.562. The van der Waals surface area contributed by atoms with E-state index < -0.39 is 0 Å². The molecule has 126 valence electrons. The van der Waals surface area contributed by atoms with Gasteiger partial charge in [-0.2, -0.15) is 0 Å². The lowest BCUT2D eigenvalue weighted by Gasteiger charge is -2.38. The molecule has 0 amide bonds. The van der Waals surface area contributed by atoms with Gasteiger partial charge >= 0.3 is 0 Å². The Balaban J connectivity index is 1.58. The second-order valence-corrected chi connectivity index (χ2v) is 7.38. The number of nitrogens with zero attached hydrogens (tertiary/aromatic N) is 2. The summed E-state index contributed by atoms with van der Waals surface area (Å²) in [5, 5.41) is 4.90. The predicted octanol–water partition coefficient (Wildman–Crippen LogP) is 4.38. The molecule has 1 aromatic rings. The molecule has 3 nitrogen and oxygen atoms in total. The van der Waals surface area contributed by atoms with Crippen LogP contribution in [0.4, 0.5) is 5.69 Å². The average Bonchev–Trinajstić information content (AvgIpc) is 3.09. The van der Waals surface area contributed by atoms with Crippen molar-refractivity contribution in [2.75, 3.05) is 31.5 Å². The fourth-order valence-corrected chi connectivity index (χ4v) is 4.19. The van der Waals surface area contributed by atoms with E-state index in [4.69, 9.17) is 23.8 Å². The smallest absolute Gasteiger partial charge is 0.173 e. The highest BCUT2D eigenvalue weighted by Gasteiger charge is 2.25. The van der Waals surface area contributed by atoms with Gasteiger partial charge in [0.2, 0.25) is 0 Å². The second-order valence-electron chi connectivity index (χ2n) is 6.59. The van der Waals surface area contributed by atoms with Gasteiger partial charge in [-0.15, -0.1) is 0 Å². The summed E-state index contributed by atoms with van der Waals surface area (Å²) in [5.41, 5.74) is 0.906. The molecule has 0 saturated carbocycles. The predicted molar refractivity (Wildman–Crippen MR) is 102 cm³/mol. The summed E-state index contributed by atoms with van der Waals surface area (Å²) in [5.74, 6) is 0. The summed E-state index contributed by atoms with van der Waals surface area (Å²) < 4.78 is 0. The number of rotatable bonds is 4. The molecule has 2 aliphatic heterocycles. The minimum Gasteiger partial charge on any atom is -0.346 e. The Bertz CT molecular complexity index is 531. The van der Waals surface area contributed by atoms with E-state index in [-0.39, 0.29) is 0 Å². The zero-order valence-electron chi connectivity index (χ0n) is 13.6. The van der Waals surface area contributed by atoms with E-state index in [1.165, 1.54) is 58.2 Å². The normalized spacial score (nSPS) is 22.3. The quantitative estimate of drug-likeness (QED) is 0.811. The standard InChI is InChI=1S/C18H26ClN3S/c19-16-8-1-2-9-17(16)20-18(23)22-13-4-3-7-15(22)10-14-21-11-5-6-12-21/h1-2,8-9,15H,3-7,10-14H2,(H,20,23)/t15-/m0/s1. The molecule has 1 atom stereocenters. The van der Waals surface area contributed by atoms with E-state index in [2.05, 4.69) is 15.1 Å². The van der Waals surface area contributed by atoms with E-state index in [1.54, 1.807) is 0 Å². The molecule has 23 heavy (non-hydrogen) atoms. The minimum absolute atomic E-state index is 0.562. The Hall–Kier alpha value is -0.840. The van der Waals surface area contributed by atoms with Crippen molar-refractivity contribution in [2.24, 2.45) is 0 Å². The van der Waals surface area contributed by atoms with Crippen molar-refractivity contribution in [2.45, 2.75) is 44.6 Å². The zero-order chi connectivity index (χ0) is 16.1. The summed E-state index contributed by atoms with van der Waals surface area (Å²) in [6.07, 6.45) is 7.73. The van der Waals surface area contributed by atoms with Crippen LogP contribution < -0.4 is 5.32 Å². The van der Waals surface area contributed by atoms with Gasteiger partial charge in [0.1, 0.15) is 0 Å². The van der Waals surface area contributed by atoms with Gasteiger partial charge in [-0.25, -0.2) is 0 Å². The number of hydrogen-bond acceptors (Lipinski definition) is 2. The van der Waals surface area contributed by atoms with E-state index in [0.29, 0.717) is 6.04 Å². The lowest BCUT2D eigenvalue weighted by molar-refractivity contribution is 0.206. The van der Waals surface area contributed by atoms with Gasteiger partial charge in [0.15, 0.2) is 5.11 Å². The van der Waals surface area contributed by atoms with E-state index in [9.17, 15) is 0 Å². The third-order valence-corrected chi connectivity index (χ3v) is 5.65. The molecule has 1 aromatic carbocycles. The number of hydrogen-bond donors (Lipinski definition) is 1. The molecule has 5 heteroatoms. The number of piperidine rings is 1. The number of thiocarbonyl (C=S) groups is 1. The van der Waals surface area contributed by atoms with Gasteiger partial charge < -0.3 is 15.1 Å². The first-order valence-corrected chi connectivity index (χ1v) is 9.57. The molecule has 0 aromatic heterocycles. The Labute approximate surface area is 150 Å². The van der Waals surface area contributed by atoms with Crippen LogP contribution in [-0.2, 0) is 0 Å². The van der Waals surface area contributed by atoms with Crippen LogP contribution in [0.1, 0.15) is 38.5 Å². The van der Waals surface area contributed by atoms with Crippen molar-refractivity contribution >= 4 is 34.6 Å². The van der Waals surface area contributed by atoms with Crippen molar-refractivity contribution in [3.05, 3.63) is 29.3 Å². The Morgan fingerprint density at radius 3 is 2.65 bits per heavy atom. The molecular weight excluding hydrogens is 326 g/mol. The number of halogens is 1. The van der Waals surface area contributed by atoms with Crippen LogP contribution in [0.2, 0.25) is 5.02 Å². The molecule has 0 unspecified atom stereocenters. The first-order chi connectivity index (χ1) is 11.2. The van der Waals surface area contributed by atoms with Gasteiger partial charge in [0.25, 0.3) is 0 Å². The highest BCUT2D eigenvalue weighted by molar-refractivity contribution is 7.80. The fraction of sp³-hybridized carbons (Fsp3) is 0.611. The van der Waals surface area contributed by atoms with Crippen molar-refractivity contribution in [3.63, 3.8) is 0 Å². The maximum Gasteiger partial charge on any atom is 0.173 e. The number of para-hydroxylation sites is 1. The van der Waals surface area contributed by atoms with Gasteiger partial charge in [0.05, 0.1) is 10.7 Å². The highest BCUT2D eigenvalue weighted by atomic mass is 35.5. The lowest BCUT2D eigenvalue weighted by atomic mass is 9.99. The highest BCUT2D eigenvalue weighted by Crippen LogP contribution is 2.25. The molecule has 3 rings (SSSR count). The second kappa shape index (κ2) is 8.32. The summed E-state index contributed by atoms with van der Waals surface area (Å²) in [6.45, 7) is 4.81. The lowest BCUT2D eigenvalue weighted by Crippen LogP contribution is -2.47. The molecule has 2 heterocycles. The van der Waals surface area contributed by atoms with Crippen molar-refractivity contribution in [1.29, 1.82) is 0 Å². The maximum absolute atomic E-state index is 6.24. The number of nitrogens with one attached hydrogen (secondary N) is 1. The Morgan fingerprint density at radius 2 is 1.87 bits per heavy atom. The van der Waals surface area contributed by atoms with E-state index in [1.807, 2.05) is 24.3 Å². The molecule has 0 radical (unpaired) electrons. The van der Waals surface area contributed by atoms with Gasteiger partial charge in [-0.05, 0) is 76.0 Å². The van der Waals surface area contributed by atoms with Crippen LogP contribution in [0.15, 0.2) is 24.3 Å². The number of anilines is 1. The summed E-state index contributed by atoms with van der Waals surface area (Å²) >= 11 is 11.9. The van der Waals surface area contributed by atoms with Gasteiger partial charge in [0, 0.05) is 19.1 Å². The topological polar surface area (TPSA) is 18.5 Å². The summed E-state index contributed by atoms with van der Waals surface area (Å²) in [7, 11) is 0. The van der Waals surface area contributed by atoms with Gasteiger partial charge in [-0.3, -0.25) is 0 Å². The molecule has 0 aliphatic carbocycles. The Morgan fingerprint density at radius 1 is 1.13 bits per heavy atom. The number of benzene rings is 1. The average molecular weight is 352 g/mol. The third-order valence-electron chi connectivity index (χ3n) is 4.98. The number of likely N-dealkylation sites (tertiary alicyclic amines) is 2. The first-order valence-electron chi connectivity index (χ1n) is 8.78. The van der Waals surface area contributed by atoms with Crippen LogP contribution in [-0.4, -0.2) is 47.1 Å². The molecule has 2 aliphatic rings. The Kier molecular flexibility index (Phi) is 6.15. The van der Waals surface area contributed by atoms with Crippen LogP contribution in [0.3, 0.4) is 0 Å². The monoisotopic (exact) mass is 351 g/mol. The van der Waals surface area contributed by atoms with Crippen molar-refractivity contribution in [3.8, 4) is 0 Å². The summed E-state index contributed by atoms with van der Waals surface area (Å²) in [6, 6.07) is 8.37. The third kappa shape index (κ3) is 4.59. The maximum atomic E-state index is 6.24. The first kappa shape index (κ1) is 17.0. The SMILES string of the molecule is S=C(Nc1ccccc1Cl)N1CCCC[C@H]1CCN1CCCC1.